The van der Waals surface area contributed by atoms with Crippen LogP contribution < -0.4 is 4.74 Å². The molecule has 25 heavy (non-hydrogen) atoms. The highest BCUT2D eigenvalue weighted by Gasteiger charge is 2.29. The fourth-order valence-corrected chi connectivity index (χ4v) is 4.88. The topological polar surface area (TPSA) is 9.23 Å². The molecule has 0 bridgehead atoms. The van der Waals surface area contributed by atoms with Gasteiger partial charge in [0.2, 0.25) is 0 Å². The summed E-state index contributed by atoms with van der Waals surface area (Å²) in [6.45, 7) is 0.736. The maximum atomic E-state index is 6.14. The van der Waals surface area contributed by atoms with Gasteiger partial charge in [-0.15, -0.1) is 0 Å². The van der Waals surface area contributed by atoms with Gasteiger partial charge >= 0.3 is 0 Å². The van der Waals surface area contributed by atoms with E-state index in [1.54, 1.807) is 11.1 Å². The van der Waals surface area contributed by atoms with E-state index in [4.69, 9.17) is 4.74 Å². The molecule has 4 aromatic rings. The first-order valence-corrected chi connectivity index (χ1v) is 9.12. The number of ether oxygens (including phenoxy) is 1. The summed E-state index contributed by atoms with van der Waals surface area (Å²) < 4.78 is 6.14. The minimum Gasteiger partial charge on any atom is -0.488 e. The standard InChI is InChI=1S/C24H18O/c1-2-7-15(8-3-1)22-19-12-6-11-18(19)20-14-25-21-13-16-9-4-5-10-17(16)24(22)23(20)21/h1-5,7-10,13H,6,11-12,14H2. The molecule has 0 saturated carbocycles. The summed E-state index contributed by atoms with van der Waals surface area (Å²) in [6.07, 6.45) is 3.63. The smallest absolute Gasteiger partial charge is 0.128 e. The predicted molar refractivity (Wildman–Crippen MR) is 103 cm³/mol. The first-order chi connectivity index (χ1) is 12.4. The van der Waals surface area contributed by atoms with Crippen molar-refractivity contribution >= 4 is 21.5 Å². The fraction of sp³-hybridized carbons (Fsp3) is 0.167. The van der Waals surface area contributed by atoms with Crippen molar-refractivity contribution < 1.29 is 4.74 Å². The first-order valence-electron chi connectivity index (χ1n) is 9.12. The molecule has 4 aromatic carbocycles. The van der Waals surface area contributed by atoms with Crippen LogP contribution >= 0.6 is 0 Å². The Bertz CT molecular complexity index is 1160. The number of fused-ring (bicyclic) bond motifs is 4. The third-order valence-electron chi connectivity index (χ3n) is 5.88. The third kappa shape index (κ3) is 1.73. The van der Waals surface area contributed by atoms with E-state index in [1.807, 2.05) is 0 Å². The molecule has 0 aromatic heterocycles. The van der Waals surface area contributed by atoms with Crippen molar-refractivity contribution in [1.82, 2.24) is 0 Å². The quantitative estimate of drug-likeness (QED) is 0.388. The monoisotopic (exact) mass is 322 g/mol. The Kier molecular flexibility index (Phi) is 2.62. The molecule has 0 atom stereocenters. The molecule has 1 nitrogen and oxygen atoms in total. The van der Waals surface area contributed by atoms with Crippen LogP contribution in [0.5, 0.6) is 5.75 Å². The zero-order valence-corrected chi connectivity index (χ0v) is 14.0. The van der Waals surface area contributed by atoms with Crippen molar-refractivity contribution in [3.63, 3.8) is 0 Å². The van der Waals surface area contributed by atoms with E-state index in [2.05, 4.69) is 60.7 Å². The van der Waals surface area contributed by atoms with E-state index in [0.29, 0.717) is 0 Å². The number of hydrogen-bond acceptors (Lipinski definition) is 1. The Morgan fingerprint density at radius 2 is 1.52 bits per heavy atom. The lowest BCUT2D eigenvalue weighted by atomic mass is 9.85. The highest BCUT2D eigenvalue weighted by Crippen LogP contribution is 2.49. The van der Waals surface area contributed by atoms with Crippen LogP contribution in [0.4, 0.5) is 0 Å². The molecule has 120 valence electrons. The summed E-state index contributed by atoms with van der Waals surface area (Å²) in [5.41, 5.74) is 7.33. The molecule has 1 heteroatoms. The van der Waals surface area contributed by atoms with Gasteiger partial charge in [0, 0.05) is 16.3 Å². The first kappa shape index (κ1) is 13.5. The third-order valence-corrected chi connectivity index (χ3v) is 5.88. The average Bonchev–Trinajstić information content (AvgIpc) is 3.30. The Balaban J connectivity index is 1.91. The normalized spacial score (nSPS) is 14.9. The van der Waals surface area contributed by atoms with Crippen LogP contribution in [0.25, 0.3) is 32.7 Å². The minimum absolute atomic E-state index is 0.736. The van der Waals surface area contributed by atoms with Gasteiger partial charge in [-0.1, -0.05) is 54.6 Å². The molecule has 6 rings (SSSR count). The number of hydrogen-bond donors (Lipinski definition) is 0. The van der Waals surface area contributed by atoms with Crippen molar-refractivity contribution in [1.29, 1.82) is 0 Å². The Labute approximate surface area is 146 Å². The van der Waals surface area contributed by atoms with Gasteiger partial charge < -0.3 is 4.74 Å². The minimum atomic E-state index is 0.736. The molecule has 0 saturated heterocycles. The summed E-state index contributed by atoms with van der Waals surface area (Å²) in [5.74, 6) is 1.07. The van der Waals surface area contributed by atoms with Gasteiger partial charge in [0.1, 0.15) is 12.4 Å². The number of benzene rings is 4. The summed E-state index contributed by atoms with van der Waals surface area (Å²) in [7, 11) is 0. The van der Waals surface area contributed by atoms with Crippen LogP contribution in [0.2, 0.25) is 0 Å². The maximum absolute atomic E-state index is 6.14. The van der Waals surface area contributed by atoms with Crippen LogP contribution in [-0.2, 0) is 19.4 Å². The Morgan fingerprint density at radius 3 is 2.44 bits per heavy atom. The fourth-order valence-electron chi connectivity index (χ4n) is 4.88. The molecule has 0 amide bonds. The largest absolute Gasteiger partial charge is 0.488 e. The average molecular weight is 322 g/mol. The van der Waals surface area contributed by atoms with Gasteiger partial charge in [-0.3, -0.25) is 0 Å². The van der Waals surface area contributed by atoms with Gasteiger partial charge in [-0.05, 0) is 58.4 Å². The van der Waals surface area contributed by atoms with Crippen molar-refractivity contribution in [2.75, 3.05) is 0 Å². The van der Waals surface area contributed by atoms with Crippen molar-refractivity contribution in [2.24, 2.45) is 0 Å². The van der Waals surface area contributed by atoms with E-state index in [-0.39, 0.29) is 0 Å². The summed E-state index contributed by atoms with van der Waals surface area (Å²) in [5, 5.41) is 5.38. The summed E-state index contributed by atoms with van der Waals surface area (Å²) in [4.78, 5) is 0. The van der Waals surface area contributed by atoms with Crippen LogP contribution in [0.15, 0.2) is 60.7 Å². The van der Waals surface area contributed by atoms with Gasteiger partial charge in [0.25, 0.3) is 0 Å². The van der Waals surface area contributed by atoms with Crippen LogP contribution in [0.3, 0.4) is 0 Å². The Morgan fingerprint density at radius 1 is 0.720 bits per heavy atom. The molecule has 0 fully saturated rings. The van der Waals surface area contributed by atoms with Crippen molar-refractivity contribution in [2.45, 2.75) is 25.9 Å². The maximum Gasteiger partial charge on any atom is 0.128 e. The van der Waals surface area contributed by atoms with Crippen LogP contribution in [-0.4, -0.2) is 0 Å². The highest BCUT2D eigenvalue weighted by molar-refractivity contribution is 6.19. The van der Waals surface area contributed by atoms with Gasteiger partial charge in [-0.2, -0.15) is 0 Å². The van der Waals surface area contributed by atoms with Crippen LogP contribution in [0.1, 0.15) is 23.1 Å². The molecule has 0 unspecified atom stereocenters. The van der Waals surface area contributed by atoms with Crippen molar-refractivity contribution in [3.8, 4) is 16.9 Å². The molecule has 0 spiro atoms. The molecule has 1 aliphatic carbocycles. The van der Waals surface area contributed by atoms with E-state index in [0.717, 1.165) is 12.4 Å². The lowest BCUT2D eigenvalue weighted by Crippen LogP contribution is -1.97. The molecular weight excluding hydrogens is 304 g/mol. The number of rotatable bonds is 1. The zero-order chi connectivity index (χ0) is 16.4. The molecule has 1 heterocycles. The van der Waals surface area contributed by atoms with E-state index in [9.17, 15) is 0 Å². The molecular formula is C24H18O. The van der Waals surface area contributed by atoms with E-state index >= 15 is 0 Å². The lowest BCUT2D eigenvalue weighted by molar-refractivity contribution is 0.326. The highest BCUT2D eigenvalue weighted by atomic mass is 16.5. The molecule has 0 N–H and O–H groups in total. The summed E-state index contributed by atoms with van der Waals surface area (Å²) >= 11 is 0. The van der Waals surface area contributed by atoms with Crippen molar-refractivity contribution in [3.05, 3.63) is 77.4 Å². The van der Waals surface area contributed by atoms with Gasteiger partial charge in [0.05, 0.1) is 0 Å². The second-order valence-corrected chi connectivity index (χ2v) is 7.16. The van der Waals surface area contributed by atoms with Gasteiger partial charge in [0.15, 0.2) is 0 Å². The Hall–Kier alpha value is -2.80. The summed E-state index contributed by atoms with van der Waals surface area (Å²) in [6, 6.07) is 21.9. The molecule has 2 aliphatic rings. The lowest BCUT2D eigenvalue weighted by Gasteiger charge is -2.17. The van der Waals surface area contributed by atoms with E-state index in [1.165, 1.54) is 57.5 Å². The SMILES string of the molecule is c1ccc(-c2c3c(c4c5c(cc6ccccc6c25)OC4)CCC3)cc1. The van der Waals surface area contributed by atoms with Gasteiger partial charge in [-0.25, -0.2) is 0 Å². The second kappa shape index (κ2) is 4.86. The molecule has 0 radical (unpaired) electrons. The second-order valence-electron chi connectivity index (χ2n) is 7.16. The predicted octanol–water partition coefficient (Wildman–Crippen LogP) is 6.04. The van der Waals surface area contributed by atoms with Crippen LogP contribution in [0, 0.1) is 0 Å². The molecule has 1 aliphatic heterocycles. The van der Waals surface area contributed by atoms with E-state index < -0.39 is 0 Å². The zero-order valence-electron chi connectivity index (χ0n) is 14.0.